The molecule has 0 saturated carbocycles. The Morgan fingerprint density at radius 1 is 1.23 bits per heavy atom. The van der Waals surface area contributed by atoms with Crippen LogP contribution in [0.15, 0.2) is 29.3 Å². The number of aliphatic imine (C=N–C) groups is 1. The fourth-order valence-corrected chi connectivity index (χ4v) is 2.59. The summed E-state index contributed by atoms with van der Waals surface area (Å²) in [5.41, 5.74) is 0.471. The first-order chi connectivity index (χ1) is 12.4. The van der Waals surface area contributed by atoms with Crippen molar-refractivity contribution in [3.05, 3.63) is 29.8 Å². The number of thioether (sulfide) groups is 1. The number of guanidine groups is 1. The number of aliphatic hydroxyl groups excluding tert-OH is 1. The highest BCUT2D eigenvalue weighted by molar-refractivity contribution is 7.98. The quantitative estimate of drug-likeness (QED) is 0.323. The zero-order valence-electron chi connectivity index (χ0n) is 15.0. The number of hydrogen-bond acceptors (Lipinski definition) is 4. The van der Waals surface area contributed by atoms with Crippen LogP contribution in [0.4, 0.5) is 13.2 Å². The normalized spacial score (nSPS) is 13.4. The third-order valence-electron chi connectivity index (χ3n) is 3.33. The van der Waals surface area contributed by atoms with E-state index in [9.17, 15) is 18.3 Å². The molecule has 1 aromatic carbocycles. The van der Waals surface area contributed by atoms with Gasteiger partial charge in [-0.05, 0) is 49.5 Å². The number of alkyl halides is 3. The molecule has 0 saturated heterocycles. The molecule has 0 amide bonds. The van der Waals surface area contributed by atoms with Gasteiger partial charge >= 0.3 is 6.36 Å². The number of aliphatic hydroxyl groups is 1. The van der Waals surface area contributed by atoms with Crippen LogP contribution in [0.5, 0.6) is 5.75 Å². The largest absolute Gasteiger partial charge is 0.573 e. The number of unbranched alkanes of at least 4 members (excludes halogenated alkanes) is 1. The summed E-state index contributed by atoms with van der Waals surface area (Å²) in [6.07, 6.45) is -1.44. The van der Waals surface area contributed by atoms with Crippen LogP contribution in [0.2, 0.25) is 0 Å². The Hall–Kier alpha value is -1.61. The Kier molecular flexibility index (Phi) is 10.3. The van der Waals surface area contributed by atoms with Gasteiger partial charge in [-0.25, -0.2) is 0 Å². The van der Waals surface area contributed by atoms with E-state index in [1.54, 1.807) is 0 Å². The molecule has 0 aromatic heterocycles. The van der Waals surface area contributed by atoms with Gasteiger partial charge in [0.1, 0.15) is 5.75 Å². The van der Waals surface area contributed by atoms with Crippen molar-refractivity contribution in [2.24, 2.45) is 4.99 Å². The Bertz CT molecular complexity index is 539. The van der Waals surface area contributed by atoms with Gasteiger partial charge in [0.2, 0.25) is 0 Å². The molecule has 1 unspecified atom stereocenters. The predicted octanol–water partition coefficient (Wildman–Crippen LogP) is 3.32. The minimum Gasteiger partial charge on any atom is -0.406 e. The number of nitrogens with zero attached hydrogens (tertiary/aromatic N) is 1. The minimum atomic E-state index is -4.73. The first kappa shape index (κ1) is 22.4. The maximum absolute atomic E-state index is 12.1. The van der Waals surface area contributed by atoms with Crippen LogP contribution in [-0.2, 0) is 0 Å². The molecule has 9 heteroatoms. The first-order valence-corrected chi connectivity index (χ1v) is 9.80. The fourth-order valence-electron chi connectivity index (χ4n) is 2.09. The molecule has 5 nitrogen and oxygen atoms in total. The summed E-state index contributed by atoms with van der Waals surface area (Å²) in [7, 11) is 0. The Morgan fingerprint density at radius 2 is 1.92 bits per heavy atom. The molecule has 0 heterocycles. The molecular weight excluding hydrogens is 367 g/mol. The molecule has 1 atom stereocenters. The SMILES string of the molecule is CCNC(=NCC(O)c1ccc(OC(F)(F)F)cc1)NCCCCSC. The summed E-state index contributed by atoms with van der Waals surface area (Å²) < 4.78 is 40.3. The molecule has 3 N–H and O–H groups in total. The van der Waals surface area contributed by atoms with Crippen LogP contribution < -0.4 is 15.4 Å². The average Bonchev–Trinajstić information content (AvgIpc) is 2.58. The van der Waals surface area contributed by atoms with E-state index < -0.39 is 12.5 Å². The zero-order valence-corrected chi connectivity index (χ0v) is 15.8. The van der Waals surface area contributed by atoms with Crippen molar-refractivity contribution < 1.29 is 23.0 Å². The lowest BCUT2D eigenvalue weighted by Gasteiger charge is -2.14. The highest BCUT2D eigenvalue weighted by atomic mass is 32.2. The van der Waals surface area contributed by atoms with E-state index in [1.807, 2.05) is 18.7 Å². The van der Waals surface area contributed by atoms with Gasteiger partial charge in [-0.15, -0.1) is 13.2 Å². The zero-order chi connectivity index (χ0) is 19.4. The van der Waals surface area contributed by atoms with Crippen LogP contribution in [0.25, 0.3) is 0 Å². The lowest BCUT2D eigenvalue weighted by Crippen LogP contribution is -2.38. The van der Waals surface area contributed by atoms with Gasteiger partial charge in [-0.2, -0.15) is 11.8 Å². The second-order valence-corrected chi connectivity index (χ2v) is 6.46. The topological polar surface area (TPSA) is 65.9 Å². The number of rotatable bonds is 10. The maximum Gasteiger partial charge on any atom is 0.573 e. The monoisotopic (exact) mass is 393 g/mol. The van der Waals surface area contributed by atoms with Gasteiger partial charge in [-0.1, -0.05) is 12.1 Å². The van der Waals surface area contributed by atoms with Crippen molar-refractivity contribution in [3.8, 4) is 5.75 Å². The summed E-state index contributed by atoms with van der Waals surface area (Å²) in [6, 6.07) is 5.13. The standard InChI is InChI=1S/C17H26F3N3O2S/c1-3-21-16(22-10-4-5-11-26-2)23-12-15(24)13-6-8-14(9-7-13)25-17(18,19)20/h6-9,15,24H,3-5,10-12H2,1-2H3,(H2,21,22,23). The minimum absolute atomic E-state index is 0.0968. The van der Waals surface area contributed by atoms with E-state index in [0.717, 1.165) is 25.1 Å². The molecule has 26 heavy (non-hydrogen) atoms. The lowest BCUT2D eigenvalue weighted by molar-refractivity contribution is -0.274. The van der Waals surface area contributed by atoms with E-state index in [4.69, 9.17) is 0 Å². The van der Waals surface area contributed by atoms with Gasteiger partial charge in [0.05, 0.1) is 12.6 Å². The molecule has 0 fully saturated rings. The highest BCUT2D eigenvalue weighted by Crippen LogP contribution is 2.24. The van der Waals surface area contributed by atoms with Crippen LogP contribution in [-0.4, -0.2) is 49.1 Å². The lowest BCUT2D eigenvalue weighted by atomic mass is 10.1. The van der Waals surface area contributed by atoms with Crippen molar-refractivity contribution in [2.75, 3.05) is 31.6 Å². The molecule has 1 aromatic rings. The van der Waals surface area contributed by atoms with Crippen molar-refractivity contribution in [1.29, 1.82) is 0 Å². The van der Waals surface area contributed by atoms with Crippen molar-refractivity contribution in [1.82, 2.24) is 10.6 Å². The molecule has 0 spiro atoms. The molecule has 0 radical (unpaired) electrons. The first-order valence-electron chi connectivity index (χ1n) is 8.40. The molecule has 0 aliphatic carbocycles. The molecule has 0 bridgehead atoms. The van der Waals surface area contributed by atoms with Crippen LogP contribution in [0.3, 0.4) is 0 Å². The second kappa shape index (κ2) is 11.9. The number of hydrogen-bond donors (Lipinski definition) is 3. The summed E-state index contributed by atoms with van der Waals surface area (Å²) in [4.78, 5) is 4.32. The Morgan fingerprint density at radius 3 is 2.50 bits per heavy atom. The Labute approximate surface area is 156 Å². The number of nitrogens with one attached hydrogen (secondary N) is 2. The fraction of sp³-hybridized carbons (Fsp3) is 0.588. The van der Waals surface area contributed by atoms with Crippen molar-refractivity contribution in [3.63, 3.8) is 0 Å². The number of halogens is 3. The third-order valence-corrected chi connectivity index (χ3v) is 4.03. The highest BCUT2D eigenvalue weighted by Gasteiger charge is 2.31. The molecular formula is C17H26F3N3O2S. The predicted molar refractivity (Wildman–Crippen MR) is 99.7 cm³/mol. The average molecular weight is 393 g/mol. The summed E-state index contributed by atoms with van der Waals surface area (Å²) in [5, 5.41) is 16.5. The van der Waals surface area contributed by atoms with Crippen molar-refractivity contribution >= 4 is 17.7 Å². The van der Waals surface area contributed by atoms with Gasteiger partial charge in [0, 0.05) is 13.1 Å². The van der Waals surface area contributed by atoms with Crippen LogP contribution in [0, 0.1) is 0 Å². The number of benzene rings is 1. The van der Waals surface area contributed by atoms with E-state index in [-0.39, 0.29) is 12.3 Å². The van der Waals surface area contributed by atoms with Crippen molar-refractivity contribution in [2.45, 2.75) is 32.2 Å². The molecule has 0 aliphatic heterocycles. The van der Waals surface area contributed by atoms with Gasteiger partial charge in [0.15, 0.2) is 5.96 Å². The Balaban J connectivity index is 2.54. The second-order valence-electron chi connectivity index (χ2n) is 5.48. The van der Waals surface area contributed by atoms with E-state index in [2.05, 4.69) is 26.6 Å². The molecule has 0 aliphatic rings. The third kappa shape index (κ3) is 9.76. The smallest absolute Gasteiger partial charge is 0.406 e. The summed E-state index contributed by atoms with van der Waals surface area (Å²) in [6.45, 7) is 3.52. The summed E-state index contributed by atoms with van der Waals surface area (Å²) >= 11 is 1.81. The van der Waals surface area contributed by atoms with E-state index >= 15 is 0 Å². The van der Waals surface area contributed by atoms with Gasteiger partial charge < -0.3 is 20.5 Å². The maximum atomic E-state index is 12.1. The van der Waals surface area contributed by atoms with Crippen LogP contribution in [0.1, 0.15) is 31.4 Å². The van der Waals surface area contributed by atoms with Gasteiger partial charge in [0.25, 0.3) is 0 Å². The van der Waals surface area contributed by atoms with E-state index in [0.29, 0.717) is 18.1 Å². The number of ether oxygens (including phenoxy) is 1. The van der Waals surface area contributed by atoms with E-state index in [1.165, 1.54) is 24.3 Å². The van der Waals surface area contributed by atoms with Gasteiger partial charge in [-0.3, -0.25) is 4.99 Å². The molecule has 148 valence electrons. The summed E-state index contributed by atoms with van der Waals surface area (Å²) in [5.74, 6) is 1.40. The van der Waals surface area contributed by atoms with Crippen LogP contribution >= 0.6 is 11.8 Å². The molecule has 1 rings (SSSR count).